The third-order valence-corrected chi connectivity index (χ3v) is 4.42. The molecule has 26 heavy (non-hydrogen) atoms. The van der Waals surface area contributed by atoms with Crippen molar-refractivity contribution in [1.29, 1.82) is 0 Å². The van der Waals surface area contributed by atoms with Crippen LogP contribution in [0.3, 0.4) is 0 Å². The van der Waals surface area contributed by atoms with Crippen LogP contribution in [0.25, 0.3) is 17.1 Å². The molecule has 0 fully saturated rings. The van der Waals surface area contributed by atoms with E-state index in [4.69, 9.17) is 30.5 Å². The Balaban J connectivity index is 1.66. The number of hydrogen-bond acceptors (Lipinski definition) is 5. The first-order valence-corrected chi connectivity index (χ1v) is 8.46. The monoisotopic (exact) mass is 367 g/mol. The molecule has 4 aromatic rings. The second-order valence-electron chi connectivity index (χ2n) is 5.99. The quantitative estimate of drug-likeness (QED) is 0.550. The number of halogens is 1. The van der Waals surface area contributed by atoms with E-state index in [2.05, 4.69) is 5.32 Å². The molecule has 1 N–H and O–H groups in total. The van der Waals surface area contributed by atoms with Gasteiger partial charge in [0, 0.05) is 18.0 Å². The van der Waals surface area contributed by atoms with Crippen LogP contribution < -0.4 is 14.8 Å². The molecule has 0 saturated heterocycles. The fourth-order valence-corrected chi connectivity index (χ4v) is 3.14. The van der Waals surface area contributed by atoms with Gasteiger partial charge in [-0.05, 0) is 43.3 Å². The van der Waals surface area contributed by atoms with Crippen LogP contribution in [-0.4, -0.2) is 16.2 Å². The van der Waals surface area contributed by atoms with E-state index in [1.807, 2.05) is 60.0 Å². The molecule has 1 aliphatic heterocycles. The predicted octanol–water partition coefficient (Wildman–Crippen LogP) is 5.03. The highest BCUT2D eigenvalue weighted by Crippen LogP contribution is 2.37. The normalized spacial score (nSPS) is 12.7. The van der Waals surface area contributed by atoms with E-state index in [9.17, 15) is 0 Å². The van der Waals surface area contributed by atoms with Crippen LogP contribution in [0.2, 0.25) is 5.02 Å². The van der Waals surface area contributed by atoms with Gasteiger partial charge in [-0.3, -0.25) is 4.40 Å². The van der Waals surface area contributed by atoms with Gasteiger partial charge in [-0.2, -0.15) is 0 Å². The maximum absolute atomic E-state index is 6.19. The van der Waals surface area contributed by atoms with E-state index in [0.29, 0.717) is 22.2 Å². The Morgan fingerprint density at radius 2 is 1.96 bits per heavy atom. The zero-order valence-corrected chi connectivity index (χ0v) is 14.6. The first kappa shape index (κ1) is 15.2. The van der Waals surface area contributed by atoms with Crippen molar-refractivity contribution >= 4 is 28.8 Å². The lowest BCUT2D eigenvalue weighted by Gasteiger charge is -2.09. The van der Waals surface area contributed by atoms with E-state index < -0.39 is 0 Å². The van der Waals surface area contributed by atoms with Gasteiger partial charge >= 0.3 is 0 Å². The summed E-state index contributed by atoms with van der Waals surface area (Å²) in [5.74, 6) is 3.71. The minimum absolute atomic E-state index is 0.237. The fourth-order valence-electron chi connectivity index (χ4n) is 2.98. The molecular formula is C19H14ClN3O3. The highest BCUT2D eigenvalue weighted by Gasteiger charge is 2.19. The molecule has 5 rings (SSSR count). The van der Waals surface area contributed by atoms with Gasteiger partial charge in [-0.25, -0.2) is 4.98 Å². The number of fused-ring (bicyclic) bond motifs is 2. The number of nitrogens with zero attached hydrogens (tertiary/aromatic N) is 2. The van der Waals surface area contributed by atoms with Crippen molar-refractivity contribution in [2.24, 2.45) is 0 Å². The smallest absolute Gasteiger partial charge is 0.231 e. The lowest BCUT2D eigenvalue weighted by atomic mass is 10.2. The number of aryl methyl sites for hydroxylation is 1. The van der Waals surface area contributed by atoms with Crippen molar-refractivity contribution in [2.75, 3.05) is 12.1 Å². The van der Waals surface area contributed by atoms with Crippen molar-refractivity contribution in [3.05, 3.63) is 59.4 Å². The molecule has 0 saturated carbocycles. The maximum atomic E-state index is 6.19. The highest BCUT2D eigenvalue weighted by atomic mass is 35.5. The van der Waals surface area contributed by atoms with Crippen molar-refractivity contribution in [3.8, 4) is 23.0 Å². The molecule has 130 valence electrons. The molecule has 0 radical (unpaired) electrons. The average Bonchev–Trinajstić information content (AvgIpc) is 3.34. The molecule has 1 aliphatic rings. The second kappa shape index (κ2) is 5.71. The van der Waals surface area contributed by atoms with Gasteiger partial charge < -0.3 is 19.2 Å². The van der Waals surface area contributed by atoms with Crippen LogP contribution >= 0.6 is 11.6 Å². The lowest BCUT2D eigenvalue weighted by molar-refractivity contribution is 0.174. The van der Waals surface area contributed by atoms with Crippen molar-refractivity contribution in [3.63, 3.8) is 0 Å². The second-order valence-corrected chi connectivity index (χ2v) is 6.42. The molecule has 0 bridgehead atoms. The van der Waals surface area contributed by atoms with Crippen LogP contribution in [0.4, 0.5) is 11.5 Å². The number of benzene rings is 1. The summed E-state index contributed by atoms with van der Waals surface area (Å²) < 4.78 is 18.5. The van der Waals surface area contributed by atoms with Crippen LogP contribution in [0.5, 0.6) is 11.5 Å². The Kier molecular flexibility index (Phi) is 3.33. The summed E-state index contributed by atoms with van der Waals surface area (Å²) in [4.78, 5) is 4.70. The van der Waals surface area contributed by atoms with Gasteiger partial charge in [0.1, 0.15) is 22.9 Å². The van der Waals surface area contributed by atoms with E-state index in [1.165, 1.54) is 0 Å². The predicted molar refractivity (Wildman–Crippen MR) is 98.5 cm³/mol. The molecule has 4 heterocycles. The standard InChI is InChI=1S/C19H14ClN3O3/c1-11-2-5-15(26-11)18-19(23-9-12(20)3-7-17(23)22-18)21-13-4-6-14-16(8-13)25-10-24-14/h2-9,21H,10H2,1H3. The Hall–Kier alpha value is -3.12. The number of ether oxygens (including phenoxy) is 2. The number of nitrogens with one attached hydrogen (secondary N) is 1. The molecular weight excluding hydrogens is 354 g/mol. The Bertz CT molecular complexity index is 1130. The summed E-state index contributed by atoms with van der Waals surface area (Å²) in [6.07, 6.45) is 1.82. The van der Waals surface area contributed by atoms with Gasteiger partial charge in [0.15, 0.2) is 17.3 Å². The van der Waals surface area contributed by atoms with Crippen molar-refractivity contribution < 1.29 is 13.9 Å². The summed E-state index contributed by atoms with van der Waals surface area (Å²) in [6, 6.07) is 13.2. The van der Waals surface area contributed by atoms with E-state index in [0.717, 1.165) is 28.7 Å². The summed E-state index contributed by atoms with van der Waals surface area (Å²) in [6.45, 7) is 2.14. The third kappa shape index (κ3) is 2.46. The fraction of sp³-hybridized carbons (Fsp3) is 0.105. The Morgan fingerprint density at radius 3 is 2.81 bits per heavy atom. The molecule has 0 spiro atoms. The largest absolute Gasteiger partial charge is 0.460 e. The Labute approximate surface area is 153 Å². The number of rotatable bonds is 3. The number of hydrogen-bond donors (Lipinski definition) is 1. The molecule has 0 aliphatic carbocycles. The number of pyridine rings is 1. The summed E-state index contributed by atoms with van der Waals surface area (Å²) >= 11 is 6.19. The topological polar surface area (TPSA) is 60.9 Å². The number of anilines is 2. The first-order valence-electron chi connectivity index (χ1n) is 8.08. The first-order chi connectivity index (χ1) is 12.7. The van der Waals surface area contributed by atoms with Gasteiger partial charge in [0.2, 0.25) is 6.79 Å². The van der Waals surface area contributed by atoms with Crippen LogP contribution in [0.15, 0.2) is 53.1 Å². The number of aromatic nitrogens is 2. The van der Waals surface area contributed by atoms with Crippen LogP contribution in [0.1, 0.15) is 5.76 Å². The van der Waals surface area contributed by atoms with Gasteiger partial charge in [-0.15, -0.1) is 0 Å². The van der Waals surface area contributed by atoms with Gasteiger partial charge in [0.05, 0.1) is 5.02 Å². The molecule has 0 atom stereocenters. The molecule has 0 unspecified atom stereocenters. The molecule has 3 aromatic heterocycles. The number of imidazole rings is 1. The summed E-state index contributed by atoms with van der Waals surface area (Å²) in [5.41, 5.74) is 2.32. The van der Waals surface area contributed by atoms with E-state index in [-0.39, 0.29) is 6.79 Å². The zero-order chi connectivity index (χ0) is 17.7. The Morgan fingerprint density at radius 1 is 1.08 bits per heavy atom. The SMILES string of the molecule is Cc1ccc(-c2nc3ccc(Cl)cn3c2Nc2ccc3c(c2)OCO3)o1. The third-order valence-electron chi connectivity index (χ3n) is 4.19. The van der Waals surface area contributed by atoms with Crippen molar-refractivity contribution in [1.82, 2.24) is 9.38 Å². The summed E-state index contributed by atoms with van der Waals surface area (Å²) in [7, 11) is 0. The van der Waals surface area contributed by atoms with Crippen molar-refractivity contribution in [2.45, 2.75) is 6.92 Å². The van der Waals surface area contributed by atoms with Crippen LogP contribution in [-0.2, 0) is 0 Å². The summed E-state index contributed by atoms with van der Waals surface area (Å²) in [5, 5.41) is 4.02. The van der Waals surface area contributed by atoms with Gasteiger partial charge in [-0.1, -0.05) is 11.6 Å². The molecule has 6 nitrogen and oxygen atoms in total. The zero-order valence-electron chi connectivity index (χ0n) is 13.8. The molecule has 0 amide bonds. The van der Waals surface area contributed by atoms with Crippen LogP contribution in [0, 0.1) is 6.92 Å². The number of furan rings is 1. The van der Waals surface area contributed by atoms with Gasteiger partial charge in [0.25, 0.3) is 0 Å². The minimum atomic E-state index is 0.237. The van der Waals surface area contributed by atoms with E-state index in [1.54, 1.807) is 0 Å². The highest BCUT2D eigenvalue weighted by molar-refractivity contribution is 6.30. The minimum Gasteiger partial charge on any atom is -0.460 e. The molecule has 1 aromatic carbocycles. The van der Waals surface area contributed by atoms with E-state index >= 15 is 0 Å². The lowest BCUT2D eigenvalue weighted by Crippen LogP contribution is -1.97. The molecule has 7 heteroatoms. The average molecular weight is 368 g/mol. The maximum Gasteiger partial charge on any atom is 0.231 e.